The van der Waals surface area contributed by atoms with E-state index in [0.717, 1.165) is 13.0 Å². The van der Waals surface area contributed by atoms with Gasteiger partial charge in [0.1, 0.15) is 0 Å². The second-order valence-electron chi connectivity index (χ2n) is 4.52. The number of aromatic nitrogens is 3. The van der Waals surface area contributed by atoms with E-state index in [9.17, 15) is 0 Å². The molecule has 114 valence electrons. The quantitative estimate of drug-likeness (QED) is 0.737. The molecule has 0 spiro atoms. The summed E-state index contributed by atoms with van der Waals surface area (Å²) in [6.45, 7) is 7.97. The molecule has 0 bridgehead atoms. The van der Waals surface area contributed by atoms with Crippen LogP contribution in [0.1, 0.15) is 27.2 Å². The Morgan fingerprint density at radius 1 is 1.25 bits per heavy atom. The fraction of sp³-hybridized carbons (Fsp3) is 0.769. The van der Waals surface area contributed by atoms with E-state index in [4.69, 9.17) is 9.47 Å². The zero-order valence-corrected chi connectivity index (χ0v) is 13.0. The van der Waals surface area contributed by atoms with Crippen LogP contribution in [0, 0.1) is 0 Å². The van der Waals surface area contributed by atoms with E-state index in [1.54, 1.807) is 7.11 Å². The number of hydrogen-bond acceptors (Lipinski definition) is 7. The van der Waals surface area contributed by atoms with Gasteiger partial charge in [-0.25, -0.2) is 0 Å². The number of methoxy groups -OCH3 is 1. The van der Waals surface area contributed by atoms with Gasteiger partial charge in [-0.2, -0.15) is 15.0 Å². The Morgan fingerprint density at radius 3 is 2.60 bits per heavy atom. The van der Waals surface area contributed by atoms with Crippen LogP contribution >= 0.6 is 0 Å². The van der Waals surface area contributed by atoms with Crippen molar-refractivity contribution in [3.05, 3.63) is 0 Å². The lowest BCUT2D eigenvalue weighted by Crippen LogP contribution is -2.34. The Kier molecular flexibility index (Phi) is 7.00. The molecule has 0 amide bonds. The minimum Gasteiger partial charge on any atom is -0.464 e. The van der Waals surface area contributed by atoms with E-state index < -0.39 is 0 Å². The van der Waals surface area contributed by atoms with Crippen molar-refractivity contribution in [1.82, 2.24) is 15.0 Å². The summed E-state index contributed by atoms with van der Waals surface area (Å²) in [5.41, 5.74) is 0. The lowest BCUT2D eigenvalue weighted by Gasteiger charge is -2.24. The Balaban J connectivity index is 2.94. The van der Waals surface area contributed by atoms with Gasteiger partial charge in [0.2, 0.25) is 11.9 Å². The number of nitrogens with one attached hydrogen (secondary N) is 1. The molecule has 0 saturated carbocycles. The molecule has 20 heavy (non-hydrogen) atoms. The predicted molar refractivity (Wildman–Crippen MR) is 79.5 cm³/mol. The lowest BCUT2D eigenvalue weighted by atomic mass is 10.3. The molecule has 1 rings (SSSR count). The highest BCUT2D eigenvalue weighted by Crippen LogP contribution is 2.16. The van der Waals surface area contributed by atoms with Crippen molar-refractivity contribution in [1.29, 1.82) is 0 Å². The van der Waals surface area contributed by atoms with Gasteiger partial charge >= 0.3 is 6.01 Å². The van der Waals surface area contributed by atoms with Crippen molar-refractivity contribution in [2.75, 3.05) is 44.1 Å². The molecule has 0 aliphatic heterocycles. The minimum atomic E-state index is 0.163. The van der Waals surface area contributed by atoms with Gasteiger partial charge in [-0.05, 0) is 20.3 Å². The Hall–Kier alpha value is -1.63. The maximum atomic E-state index is 5.40. The third-order valence-electron chi connectivity index (χ3n) is 2.79. The van der Waals surface area contributed by atoms with Crippen LogP contribution < -0.4 is 15.0 Å². The van der Waals surface area contributed by atoms with Gasteiger partial charge in [0, 0.05) is 20.7 Å². The van der Waals surface area contributed by atoms with Crippen LogP contribution in [-0.4, -0.2) is 54.9 Å². The average molecular weight is 283 g/mol. The summed E-state index contributed by atoms with van der Waals surface area (Å²) in [5.74, 6) is 1.11. The maximum absolute atomic E-state index is 5.40. The van der Waals surface area contributed by atoms with E-state index >= 15 is 0 Å². The first-order valence-electron chi connectivity index (χ1n) is 6.96. The van der Waals surface area contributed by atoms with Crippen molar-refractivity contribution in [2.24, 2.45) is 0 Å². The van der Waals surface area contributed by atoms with E-state index in [1.165, 1.54) is 0 Å². The normalized spacial score (nSPS) is 12.1. The van der Waals surface area contributed by atoms with Crippen molar-refractivity contribution < 1.29 is 9.47 Å². The molecule has 1 aromatic rings. The fourth-order valence-corrected chi connectivity index (χ4v) is 1.56. The Morgan fingerprint density at radius 2 is 2.00 bits per heavy atom. The van der Waals surface area contributed by atoms with Gasteiger partial charge in [-0.15, -0.1) is 0 Å². The molecule has 7 heteroatoms. The predicted octanol–water partition coefficient (Wildman–Crippen LogP) is 1.56. The van der Waals surface area contributed by atoms with Crippen LogP contribution in [0.2, 0.25) is 0 Å². The molecule has 1 N–H and O–H groups in total. The number of anilines is 2. The van der Waals surface area contributed by atoms with Crippen LogP contribution in [0.15, 0.2) is 0 Å². The summed E-state index contributed by atoms with van der Waals surface area (Å²) in [6, 6.07) is 0.503. The highest BCUT2D eigenvalue weighted by Gasteiger charge is 2.15. The summed E-state index contributed by atoms with van der Waals surface area (Å²) >= 11 is 0. The molecular weight excluding hydrogens is 258 g/mol. The summed E-state index contributed by atoms with van der Waals surface area (Å²) in [7, 11) is 3.61. The van der Waals surface area contributed by atoms with Gasteiger partial charge < -0.3 is 19.7 Å². The number of nitrogens with zero attached hydrogens (tertiary/aromatic N) is 4. The summed E-state index contributed by atoms with van der Waals surface area (Å²) in [4.78, 5) is 14.9. The van der Waals surface area contributed by atoms with Gasteiger partial charge in [-0.3, -0.25) is 0 Å². The molecule has 0 aromatic carbocycles. The van der Waals surface area contributed by atoms with Crippen molar-refractivity contribution in [3.63, 3.8) is 0 Å². The summed E-state index contributed by atoms with van der Waals surface area (Å²) in [6.07, 6.45) is 1.00. The van der Waals surface area contributed by atoms with Gasteiger partial charge in [-0.1, -0.05) is 6.92 Å². The molecule has 1 atom stereocenters. The first-order chi connectivity index (χ1) is 9.62. The molecule has 7 nitrogen and oxygen atoms in total. The smallest absolute Gasteiger partial charge is 0.323 e. The number of hydrogen-bond donors (Lipinski definition) is 1. The molecule has 0 aliphatic rings. The average Bonchev–Trinajstić information content (AvgIpc) is 2.44. The largest absolute Gasteiger partial charge is 0.464 e. The molecule has 0 fully saturated rings. The lowest BCUT2D eigenvalue weighted by molar-refractivity contribution is 0.182. The number of ether oxygens (including phenoxy) is 2. The SMILES string of the molecule is CCCNc1nc(OCC)nc(N(C)C(C)COC)n1. The monoisotopic (exact) mass is 283 g/mol. The van der Waals surface area contributed by atoms with Crippen LogP contribution in [0.5, 0.6) is 6.01 Å². The van der Waals surface area contributed by atoms with E-state index in [-0.39, 0.29) is 6.04 Å². The Bertz CT molecular complexity index is 402. The third-order valence-corrected chi connectivity index (χ3v) is 2.79. The van der Waals surface area contributed by atoms with Crippen LogP contribution in [0.3, 0.4) is 0 Å². The van der Waals surface area contributed by atoms with Gasteiger partial charge in [0.15, 0.2) is 0 Å². The Labute approximate surface area is 120 Å². The molecule has 0 aliphatic carbocycles. The summed E-state index contributed by atoms with van der Waals surface area (Å²) < 4.78 is 10.6. The van der Waals surface area contributed by atoms with Crippen LogP contribution in [-0.2, 0) is 4.74 Å². The van der Waals surface area contributed by atoms with Crippen LogP contribution in [0.4, 0.5) is 11.9 Å². The molecule has 1 heterocycles. The fourth-order valence-electron chi connectivity index (χ4n) is 1.56. The highest BCUT2D eigenvalue weighted by atomic mass is 16.5. The van der Waals surface area contributed by atoms with Crippen molar-refractivity contribution in [3.8, 4) is 6.01 Å². The number of likely N-dealkylation sites (N-methyl/N-ethyl adjacent to an activating group) is 1. The van der Waals surface area contributed by atoms with Crippen molar-refractivity contribution >= 4 is 11.9 Å². The van der Waals surface area contributed by atoms with Crippen LogP contribution in [0.25, 0.3) is 0 Å². The standard InChI is InChI=1S/C13H25N5O2/c1-6-8-14-11-15-12(17-13(16-11)20-7-2)18(4)10(3)9-19-5/h10H,6-9H2,1-5H3,(H,14,15,16,17). The maximum Gasteiger partial charge on any atom is 0.323 e. The van der Waals surface area contributed by atoms with Gasteiger partial charge in [0.05, 0.1) is 19.3 Å². The number of rotatable bonds is 9. The van der Waals surface area contributed by atoms with E-state index in [2.05, 4.69) is 27.2 Å². The van der Waals surface area contributed by atoms with E-state index in [1.807, 2.05) is 25.8 Å². The highest BCUT2D eigenvalue weighted by molar-refractivity contribution is 5.38. The molecule has 1 unspecified atom stereocenters. The van der Waals surface area contributed by atoms with E-state index in [0.29, 0.717) is 31.1 Å². The zero-order valence-electron chi connectivity index (χ0n) is 13.0. The molecule has 0 radical (unpaired) electrons. The minimum absolute atomic E-state index is 0.163. The van der Waals surface area contributed by atoms with Gasteiger partial charge in [0.25, 0.3) is 0 Å². The van der Waals surface area contributed by atoms with Crippen molar-refractivity contribution in [2.45, 2.75) is 33.2 Å². The third kappa shape index (κ3) is 4.80. The first kappa shape index (κ1) is 16.4. The second-order valence-corrected chi connectivity index (χ2v) is 4.52. The topological polar surface area (TPSA) is 72.4 Å². The molecule has 1 aromatic heterocycles. The molecule has 0 saturated heterocycles. The zero-order chi connectivity index (χ0) is 15.0. The second kappa shape index (κ2) is 8.52. The molecular formula is C13H25N5O2. The first-order valence-corrected chi connectivity index (χ1v) is 6.96. The summed E-state index contributed by atoms with van der Waals surface area (Å²) in [5, 5.41) is 3.16.